The van der Waals surface area contributed by atoms with Gasteiger partial charge in [0.1, 0.15) is 0 Å². The van der Waals surface area contributed by atoms with Crippen LogP contribution in [0.5, 0.6) is 0 Å². The lowest BCUT2D eigenvalue weighted by Crippen LogP contribution is -2.54. The van der Waals surface area contributed by atoms with Crippen LogP contribution in [0.2, 0.25) is 0 Å². The van der Waals surface area contributed by atoms with Gasteiger partial charge in [-0.2, -0.15) is 5.10 Å². The van der Waals surface area contributed by atoms with Crippen LogP contribution in [0, 0.1) is 5.92 Å². The van der Waals surface area contributed by atoms with Gasteiger partial charge >= 0.3 is 0 Å². The number of pyridine rings is 1. The van der Waals surface area contributed by atoms with E-state index in [1.54, 1.807) is 0 Å². The third-order valence-electron chi connectivity index (χ3n) is 6.68. The highest BCUT2D eigenvalue weighted by Gasteiger charge is 2.31. The molecule has 7 heteroatoms. The van der Waals surface area contributed by atoms with Crippen molar-refractivity contribution in [3.8, 4) is 0 Å². The number of fused-ring (bicyclic) bond motifs is 3. The van der Waals surface area contributed by atoms with E-state index in [2.05, 4.69) is 63.4 Å². The number of aromatic amines is 1. The molecule has 0 bridgehead atoms. The highest BCUT2D eigenvalue weighted by Crippen LogP contribution is 2.38. The molecule has 1 aromatic carbocycles. The number of alkyl halides is 1. The number of rotatable bonds is 8. The molecule has 0 saturated carbocycles. The van der Waals surface area contributed by atoms with Gasteiger partial charge in [0.15, 0.2) is 0 Å². The molecule has 0 radical (unpaired) electrons. The number of anilines is 1. The van der Waals surface area contributed by atoms with Crippen LogP contribution in [0.4, 0.5) is 10.1 Å². The number of hydrogen-bond acceptors (Lipinski definition) is 5. The molecule has 32 heavy (non-hydrogen) atoms. The van der Waals surface area contributed by atoms with Gasteiger partial charge in [0.25, 0.3) is 0 Å². The maximum Gasteiger partial charge on any atom is 0.0906 e. The summed E-state index contributed by atoms with van der Waals surface area (Å²) in [6.07, 6.45) is 5.59. The van der Waals surface area contributed by atoms with Crippen LogP contribution in [-0.2, 0) is 6.42 Å². The summed E-state index contributed by atoms with van der Waals surface area (Å²) in [6.45, 7) is 9.20. The maximum absolute atomic E-state index is 12.3. The van der Waals surface area contributed by atoms with Crippen molar-refractivity contribution in [3.63, 3.8) is 0 Å². The molecule has 2 aromatic heterocycles. The van der Waals surface area contributed by atoms with Crippen LogP contribution >= 0.6 is 0 Å². The summed E-state index contributed by atoms with van der Waals surface area (Å²) >= 11 is 0. The monoisotopic (exact) mass is 436 g/mol. The number of halogens is 1. The Balaban J connectivity index is 1.36. The lowest BCUT2D eigenvalue weighted by Gasteiger charge is -2.40. The lowest BCUT2D eigenvalue weighted by atomic mass is 9.88. The van der Waals surface area contributed by atoms with Crippen LogP contribution in [-0.4, -0.2) is 70.4 Å². The Bertz CT molecular complexity index is 1040. The molecule has 0 spiro atoms. The van der Waals surface area contributed by atoms with E-state index in [1.807, 2.05) is 12.4 Å². The first-order valence-electron chi connectivity index (χ1n) is 11.8. The third kappa shape index (κ3) is 4.24. The molecule has 1 saturated heterocycles. The van der Waals surface area contributed by atoms with Gasteiger partial charge in [-0.05, 0) is 48.1 Å². The molecule has 1 atom stereocenters. The predicted molar refractivity (Wildman–Crippen MR) is 127 cm³/mol. The van der Waals surface area contributed by atoms with Gasteiger partial charge in [0.2, 0.25) is 0 Å². The van der Waals surface area contributed by atoms with E-state index in [0.29, 0.717) is 18.4 Å². The predicted octanol–water partition coefficient (Wildman–Crippen LogP) is 4.02. The molecule has 0 amide bonds. The molecule has 4 heterocycles. The van der Waals surface area contributed by atoms with Gasteiger partial charge in [-0.25, -0.2) is 0 Å². The topological polar surface area (TPSA) is 60.1 Å². The molecular formula is C25H33FN6. The maximum atomic E-state index is 12.3. The van der Waals surface area contributed by atoms with Crippen molar-refractivity contribution in [3.05, 3.63) is 53.5 Å². The number of nitrogens with one attached hydrogen (secondary N) is 2. The fourth-order valence-electron chi connectivity index (χ4n) is 5.24. The van der Waals surface area contributed by atoms with Crippen molar-refractivity contribution >= 4 is 16.6 Å². The zero-order valence-electron chi connectivity index (χ0n) is 19.0. The minimum atomic E-state index is -0.232. The highest BCUT2D eigenvalue weighted by molar-refractivity contribution is 5.83. The number of benzene rings is 1. The number of aromatic nitrogens is 3. The van der Waals surface area contributed by atoms with E-state index >= 15 is 0 Å². The van der Waals surface area contributed by atoms with E-state index in [1.165, 1.54) is 16.5 Å². The molecule has 2 aliphatic heterocycles. The Kier molecular flexibility index (Phi) is 6.11. The van der Waals surface area contributed by atoms with Crippen molar-refractivity contribution < 1.29 is 4.39 Å². The summed E-state index contributed by atoms with van der Waals surface area (Å²) in [7, 11) is 0. The Morgan fingerprint density at radius 3 is 2.81 bits per heavy atom. The second-order valence-electron chi connectivity index (χ2n) is 9.62. The van der Waals surface area contributed by atoms with Gasteiger partial charge in [0, 0.05) is 38.1 Å². The molecule has 2 N–H and O–H groups in total. The van der Waals surface area contributed by atoms with Crippen molar-refractivity contribution in [1.29, 1.82) is 0 Å². The van der Waals surface area contributed by atoms with Crippen molar-refractivity contribution in [2.75, 3.05) is 44.7 Å². The molecule has 5 rings (SSSR count). The summed E-state index contributed by atoms with van der Waals surface area (Å²) in [5.41, 5.74) is 6.00. The SMILES string of the molecule is CC(C)CN1CCc2c(ccc3[nH]ncc23)[C@H]1c1ccc(NC2CN(CCCF)C2)cn1. The normalized spacial score (nSPS) is 19.9. The van der Waals surface area contributed by atoms with Crippen LogP contribution in [0.3, 0.4) is 0 Å². The summed E-state index contributed by atoms with van der Waals surface area (Å²) < 4.78 is 12.3. The van der Waals surface area contributed by atoms with Crippen LogP contribution in [0.1, 0.15) is 43.1 Å². The summed E-state index contributed by atoms with van der Waals surface area (Å²) in [5, 5.41) is 12.2. The van der Waals surface area contributed by atoms with E-state index < -0.39 is 0 Å². The third-order valence-corrected chi connectivity index (χ3v) is 6.68. The average molecular weight is 437 g/mol. The largest absolute Gasteiger partial charge is 0.378 e. The molecule has 1 fully saturated rings. The molecular weight excluding hydrogens is 403 g/mol. The Morgan fingerprint density at radius 2 is 2.06 bits per heavy atom. The van der Waals surface area contributed by atoms with Crippen LogP contribution < -0.4 is 5.32 Å². The minimum absolute atomic E-state index is 0.161. The van der Waals surface area contributed by atoms with Gasteiger partial charge in [-0.3, -0.25) is 24.3 Å². The molecule has 0 unspecified atom stereocenters. The molecule has 3 aromatic rings. The average Bonchev–Trinajstić information content (AvgIpc) is 3.24. The second kappa shape index (κ2) is 9.16. The van der Waals surface area contributed by atoms with Crippen LogP contribution in [0.25, 0.3) is 10.9 Å². The van der Waals surface area contributed by atoms with Crippen molar-refractivity contribution in [1.82, 2.24) is 25.0 Å². The quantitative estimate of drug-likeness (QED) is 0.559. The number of hydrogen-bond donors (Lipinski definition) is 2. The van der Waals surface area contributed by atoms with E-state index in [0.717, 1.165) is 56.0 Å². The van der Waals surface area contributed by atoms with Crippen LogP contribution in [0.15, 0.2) is 36.7 Å². The number of nitrogens with zero attached hydrogens (tertiary/aromatic N) is 4. The number of likely N-dealkylation sites (tertiary alicyclic amines) is 1. The smallest absolute Gasteiger partial charge is 0.0906 e. The molecule has 6 nitrogen and oxygen atoms in total. The zero-order valence-corrected chi connectivity index (χ0v) is 19.0. The molecule has 0 aliphatic carbocycles. The van der Waals surface area contributed by atoms with E-state index in [-0.39, 0.29) is 12.7 Å². The van der Waals surface area contributed by atoms with E-state index in [4.69, 9.17) is 4.98 Å². The summed E-state index contributed by atoms with van der Waals surface area (Å²) in [6, 6.07) is 9.31. The fraction of sp³-hybridized carbons (Fsp3) is 0.520. The van der Waals surface area contributed by atoms with Gasteiger partial charge in [0.05, 0.1) is 48.0 Å². The zero-order chi connectivity index (χ0) is 22.1. The van der Waals surface area contributed by atoms with E-state index in [9.17, 15) is 4.39 Å². The van der Waals surface area contributed by atoms with Gasteiger partial charge in [-0.15, -0.1) is 0 Å². The van der Waals surface area contributed by atoms with Gasteiger partial charge < -0.3 is 5.32 Å². The molecule has 2 aliphatic rings. The van der Waals surface area contributed by atoms with Gasteiger partial charge in [-0.1, -0.05) is 19.9 Å². The number of H-pyrrole nitrogens is 1. The van der Waals surface area contributed by atoms with Crippen molar-refractivity contribution in [2.45, 2.75) is 38.8 Å². The minimum Gasteiger partial charge on any atom is -0.378 e. The second-order valence-corrected chi connectivity index (χ2v) is 9.62. The lowest BCUT2D eigenvalue weighted by molar-refractivity contribution is 0.155. The Labute approximate surface area is 189 Å². The first kappa shape index (κ1) is 21.3. The first-order chi connectivity index (χ1) is 15.6. The summed E-state index contributed by atoms with van der Waals surface area (Å²) in [4.78, 5) is 9.78. The first-order valence-corrected chi connectivity index (χ1v) is 11.8. The Hall–Kier alpha value is -2.51. The Morgan fingerprint density at radius 1 is 1.19 bits per heavy atom. The standard InChI is InChI=1S/C25H33FN6/c1-17(2)14-32-11-8-20-21(5-7-23-22(20)13-28-30-23)25(32)24-6-4-18(12-27-24)29-19-15-31(16-19)10-3-9-26/h4-7,12-13,17,19,25,29H,3,8-11,14-16H2,1-2H3,(H,28,30)/t25-/m0/s1. The summed E-state index contributed by atoms with van der Waals surface area (Å²) in [5.74, 6) is 0.594. The van der Waals surface area contributed by atoms with Crippen molar-refractivity contribution in [2.24, 2.45) is 5.92 Å². The fourth-order valence-corrected chi connectivity index (χ4v) is 5.24. The molecule has 170 valence electrons. The highest BCUT2D eigenvalue weighted by atomic mass is 19.1.